The molecular weight excluding hydrogens is 346 g/mol. The zero-order valence-corrected chi connectivity index (χ0v) is 18.1. The topological polar surface area (TPSA) is 34.1 Å². The van der Waals surface area contributed by atoms with Crippen LogP contribution in [0.5, 0.6) is 0 Å². The highest BCUT2D eigenvalue weighted by Gasteiger charge is 2.25. The Balaban J connectivity index is 1.55. The van der Waals surface area contributed by atoms with E-state index in [0.717, 1.165) is 57.6 Å². The number of hydrogen-bond donors (Lipinski definition) is 1. The lowest BCUT2D eigenvalue weighted by Crippen LogP contribution is -2.53. The largest absolute Gasteiger partial charge is 0.357 e. The molecule has 0 amide bonds. The van der Waals surface area contributed by atoms with Gasteiger partial charge in [-0.15, -0.1) is 0 Å². The first-order valence-corrected chi connectivity index (χ1v) is 11.2. The van der Waals surface area contributed by atoms with E-state index in [9.17, 15) is 0 Å². The average molecular weight is 386 g/mol. The summed E-state index contributed by atoms with van der Waals surface area (Å²) in [5.41, 5.74) is 1.45. The van der Waals surface area contributed by atoms with Crippen molar-refractivity contribution in [1.82, 2.24) is 20.0 Å². The first-order valence-electron chi connectivity index (χ1n) is 11.2. The van der Waals surface area contributed by atoms with Crippen LogP contribution in [0.15, 0.2) is 35.3 Å². The van der Waals surface area contributed by atoms with Gasteiger partial charge in [0.25, 0.3) is 0 Å². The van der Waals surface area contributed by atoms with Crippen molar-refractivity contribution >= 4 is 5.96 Å². The third-order valence-corrected chi connectivity index (χ3v) is 6.30. The lowest BCUT2D eigenvalue weighted by Gasteiger charge is -2.40. The van der Waals surface area contributed by atoms with Crippen LogP contribution in [0, 0.1) is 5.92 Å². The van der Waals surface area contributed by atoms with Crippen molar-refractivity contribution in [2.45, 2.75) is 39.2 Å². The second kappa shape index (κ2) is 10.8. The van der Waals surface area contributed by atoms with E-state index < -0.39 is 0 Å². The molecule has 0 aliphatic carbocycles. The van der Waals surface area contributed by atoms with Crippen LogP contribution < -0.4 is 5.32 Å². The summed E-state index contributed by atoms with van der Waals surface area (Å²) in [5.74, 6) is 1.86. The molecule has 0 spiro atoms. The summed E-state index contributed by atoms with van der Waals surface area (Å²) in [6.07, 6.45) is 3.72. The lowest BCUT2D eigenvalue weighted by atomic mass is 9.97. The molecule has 1 aromatic rings. The number of guanidine groups is 1. The summed E-state index contributed by atoms with van der Waals surface area (Å²) >= 11 is 0. The molecule has 2 heterocycles. The summed E-state index contributed by atoms with van der Waals surface area (Å²) in [6, 6.07) is 11.5. The Morgan fingerprint density at radius 3 is 2.32 bits per heavy atom. The van der Waals surface area contributed by atoms with E-state index in [-0.39, 0.29) is 0 Å². The maximum absolute atomic E-state index is 5.03. The average Bonchev–Trinajstić information content (AvgIpc) is 2.74. The van der Waals surface area contributed by atoms with Gasteiger partial charge in [0.15, 0.2) is 5.96 Å². The quantitative estimate of drug-likeness (QED) is 0.603. The fourth-order valence-corrected chi connectivity index (χ4v) is 4.51. The number of rotatable bonds is 6. The van der Waals surface area contributed by atoms with Crippen LogP contribution in [0.25, 0.3) is 0 Å². The van der Waals surface area contributed by atoms with E-state index in [1.54, 1.807) is 0 Å². The normalized spacial score (nSPS) is 21.7. The van der Waals surface area contributed by atoms with E-state index in [1.807, 2.05) is 0 Å². The van der Waals surface area contributed by atoms with Crippen molar-refractivity contribution in [3.63, 3.8) is 0 Å². The van der Waals surface area contributed by atoms with E-state index >= 15 is 0 Å². The van der Waals surface area contributed by atoms with Crippen molar-refractivity contribution in [2.75, 3.05) is 59.4 Å². The molecule has 2 aliphatic heterocycles. The van der Waals surface area contributed by atoms with Crippen molar-refractivity contribution < 1.29 is 0 Å². The van der Waals surface area contributed by atoms with Crippen LogP contribution in [0.3, 0.4) is 0 Å². The molecule has 3 rings (SSSR count). The first kappa shape index (κ1) is 21.1. The van der Waals surface area contributed by atoms with Gasteiger partial charge in [-0.3, -0.25) is 9.89 Å². The molecule has 1 aromatic carbocycles. The smallest absolute Gasteiger partial charge is 0.194 e. The predicted molar refractivity (Wildman–Crippen MR) is 119 cm³/mol. The number of likely N-dealkylation sites (tertiary alicyclic amines) is 1. The molecule has 2 fully saturated rings. The Morgan fingerprint density at radius 1 is 1.04 bits per heavy atom. The Kier molecular flexibility index (Phi) is 8.16. The maximum Gasteiger partial charge on any atom is 0.194 e. The minimum Gasteiger partial charge on any atom is -0.357 e. The number of nitrogens with zero attached hydrogens (tertiary/aromatic N) is 4. The van der Waals surface area contributed by atoms with Crippen molar-refractivity contribution in [2.24, 2.45) is 10.9 Å². The molecule has 1 N–H and O–H groups in total. The van der Waals surface area contributed by atoms with E-state index in [1.165, 1.54) is 31.5 Å². The monoisotopic (exact) mass is 385 g/mol. The Morgan fingerprint density at radius 2 is 1.71 bits per heavy atom. The number of hydrogen-bond acceptors (Lipinski definition) is 3. The highest BCUT2D eigenvalue weighted by Crippen LogP contribution is 2.25. The van der Waals surface area contributed by atoms with E-state index in [0.29, 0.717) is 6.04 Å². The summed E-state index contributed by atoms with van der Waals surface area (Å²) in [5, 5.41) is 3.54. The van der Waals surface area contributed by atoms with Crippen LogP contribution in [-0.2, 0) is 0 Å². The van der Waals surface area contributed by atoms with Gasteiger partial charge in [-0.05, 0) is 57.8 Å². The Bertz CT molecular complexity index is 586. The molecular formula is C23H39N5. The van der Waals surface area contributed by atoms with Gasteiger partial charge < -0.3 is 15.1 Å². The molecule has 0 radical (unpaired) electrons. The molecule has 0 bridgehead atoms. The van der Waals surface area contributed by atoms with Crippen LogP contribution in [0.1, 0.15) is 44.7 Å². The molecule has 0 aromatic heterocycles. The van der Waals surface area contributed by atoms with Crippen molar-refractivity contribution in [3.8, 4) is 0 Å². The standard InChI is InChI=1S/C23H39N5/c1-4-22(21-9-7-6-8-10-21)27-15-17-28(18-16-27)23(24-5-2)25-19-20-11-13-26(3)14-12-20/h6-10,20,22H,4-5,11-19H2,1-3H3,(H,24,25). The van der Waals surface area contributed by atoms with Gasteiger partial charge in [-0.1, -0.05) is 37.3 Å². The summed E-state index contributed by atoms with van der Waals surface area (Å²) in [6.45, 7) is 13.1. The molecule has 28 heavy (non-hydrogen) atoms. The van der Waals surface area contributed by atoms with Crippen molar-refractivity contribution in [3.05, 3.63) is 35.9 Å². The molecule has 5 nitrogen and oxygen atoms in total. The van der Waals surface area contributed by atoms with E-state index in [4.69, 9.17) is 4.99 Å². The summed E-state index contributed by atoms with van der Waals surface area (Å²) < 4.78 is 0. The predicted octanol–water partition coefficient (Wildman–Crippen LogP) is 3.06. The number of aliphatic imine (C=N–C) groups is 1. The minimum atomic E-state index is 0.530. The molecule has 2 saturated heterocycles. The second-order valence-electron chi connectivity index (χ2n) is 8.30. The number of benzene rings is 1. The van der Waals surface area contributed by atoms with Gasteiger partial charge in [-0.2, -0.15) is 0 Å². The fraction of sp³-hybridized carbons (Fsp3) is 0.696. The third-order valence-electron chi connectivity index (χ3n) is 6.30. The molecule has 156 valence electrons. The zero-order chi connectivity index (χ0) is 19.8. The SMILES string of the molecule is CCNC(=NCC1CCN(C)CC1)N1CCN(C(CC)c2ccccc2)CC1. The highest BCUT2D eigenvalue weighted by atomic mass is 15.4. The number of nitrogens with one attached hydrogen (secondary N) is 1. The Labute approximate surface area is 171 Å². The highest BCUT2D eigenvalue weighted by molar-refractivity contribution is 5.80. The first-order chi connectivity index (χ1) is 13.7. The minimum absolute atomic E-state index is 0.530. The molecule has 5 heteroatoms. The fourth-order valence-electron chi connectivity index (χ4n) is 4.51. The molecule has 1 unspecified atom stereocenters. The van der Waals surface area contributed by atoms with Crippen LogP contribution in [-0.4, -0.2) is 80.1 Å². The van der Waals surface area contributed by atoms with Gasteiger partial charge in [0, 0.05) is 45.3 Å². The lowest BCUT2D eigenvalue weighted by molar-refractivity contribution is 0.126. The number of piperazine rings is 1. The van der Waals surface area contributed by atoms with Gasteiger partial charge in [0.05, 0.1) is 0 Å². The summed E-state index contributed by atoms with van der Waals surface area (Å²) in [7, 11) is 2.22. The van der Waals surface area contributed by atoms with Crippen molar-refractivity contribution in [1.29, 1.82) is 0 Å². The third kappa shape index (κ3) is 5.71. The van der Waals surface area contributed by atoms with Crippen LogP contribution in [0.4, 0.5) is 0 Å². The molecule has 2 aliphatic rings. The zero-order valence-electron chi connectivity index (χ0n) is 18.1. The van der Waals surface area contributed by atoms with Gasteiger partial charge >= 0.3 is 0 Å². The number of piperidine rings is 1. The maximum atomic E-state index is 5.03. The molecule has 1 atom stereocenters. The van der Waals surface area contributed by atoms with Gasteiger partial charge in [0.1, 0.15) is 0 Å². The van der Waals surface area contributed by atoms with Gasteiger partial charge in [-0.25, -0.2) is 0 Å². The van der Waals surface area contributed by atoms with E-state index in [2.05, 4.69) is 71.2 Å². The van der Waals surface area contributed by atoms with Crippen LogP contribution >= 0.6 is 0 Å². The summed E-state index contributed by atoms with van der Waals surface area (Å²) in [4.78, 5) is 12.6. The van der Waals surface area contributed by atoms with Gasteiger partial charge in [0.2, 0.25) is 0 Å². The Hall–Kier alpha value is -1.59. The molecule has 0 saturated carbocycles. The van der Waals surface area contributed by atoms with Crippen LogP contribution in [0.2, 0.25) is 0 Å². The second-order valence-corrected chi connectivity index (χ2v) is 8.30.